The zero-order chi connectivity index (χ0) is 40.1. The van der Waals surface area contributed by atoms with Gasteiger partial charge in [0.05, 0.1) is 36.1 Å². The van der Waals surface area contributed by atoms with Crippen molar-refractivity contribution in [2.75, 3.05) is 25.5 Å². The summed E-state index contributed by atoms with van der Waals surface area (Å²) in [5.74, 6) is -1.55. The Morgan fingerprint density at radius 3 is 2.57 bits per heavy atom. The van der Waals surface area contributed by atoms with Crippen molar-refractivity contribution >= 4 is 33.2 Å². The molecule has 320 valence electrons. The van der Waals surface area contributed by atoms with Crippen LogP contribution in [0, 0.1) is 58.2 Å². The first kappa shape index (κ1) is 40.8. The van der Waals surface area contributed by atoms with Crippen LogP contribution in [-0.4, -0.2) is 116 Å². The second-order valence-electron chi connectivity index (χ2n) is 19.8. The number of ketones is 2. The molecule has 9 fully saturated rings. The lowest BCUT2D eigenvalue weighted by molar-refractivity contribution is -0.351. The first-order valence-corrected chi connectivity index (χ1v) is 24.7. The molecule has 14 heteroatoms. The topological polar surface area (TPSA) is 198 Å². The van der Waals surface area contributed by atoms with E-state index in [-0.39, 0.29) is 71.3 Å². The highest BCUT2D eigenvalue weighted by atomic mass is 33.1. The molecule has 12 aliphatic rings. The number of aliphatic hydroxyl groups excluding tert-OH is 5. The van der Waals surface area contributed by atoms with Gasteiger partial charge in [-0.25, -0.2) is 0 Å². The molecule has 58 heavy (non-hydrogen) atoms. The fraction of sp³-hybridized carbons (Fsp3) is 0.818. The van der Waals surface area contributed by atoms with Crippen LogP contribution in [-0.2, 0) is 19.1 Å². The number of aliphatic hydroxyl groups is 6. The number of allylic oxidation sites excluding steroid dienone is 5. The summed E-state index contributed by atoms with van der Waals surface area (Å²) in [7, 11) is 3.22. The van der Waals surface area contributed by atoms with E-state index in [1.165, 1.54) is 5.57 Å². The van der Waals surface area contributed by atoms with Crippen molar-refractivity contribution in [1.29, 1.82) is 0 Å². The van der Waals surface area contributed by atoms with Crippen LogP contribution in [0.15, 0.2) is 35.1 Å². The number of carbonyl (C=O) groups excluding carboxylic acids is 2. The first-order valence-electron chi connectivity index (χ1n) is 22.3. The van der Waals surface area contributed by atoms with Gasteiger partial charge in [0.2, 0.25) is 0 Å². The van der Waals surface area contributed by atoms with Gasteiger partial charge in [-0.2, -0.15) is 0 Å². The molecule has 18 unspecified atom stereocenters. The molecule has 2 spiro atoms. The average Bonchev–Trinajstić information content (AvgIpc) is 3.63. The average molecular weight is 843 g/mol. The van der Waals surface area contributed by atoms with Crippen molar-refractivity contribution in [1.82, 2.24) is 10.6 Å². The Hall–Kier alpha value is -1.30. The van der Waals surface area contributed by atoms with Crippen LogP contribution in [0.5, 0.6) is 0 Å². The summed E-state index contributed by atoms with van der Waals surface area (Å²) >= 11 is 0. The number of rotatable bonds is 4. The largest absolute Gasteiger partial charge is 0.511 e. The predicted octanol–water partition coefficient (Wildman–Crippen LogP) is 3.67. The van der Waals surface area contributed by atoms with Crippen molar-refractivity contribution in [2.24, 2.45) is 58.2 Å². The van der Waals surface area contributed by atoms with E-state index in [2.05, 4.69) is 16.7 Å². The van der Waals surface area contributed by atoms with Crippen molar-refractivity contribution in [3.63, 3.8) is 0 Å². The Morgan fingerprint density at radius 1 is 0.914 bits per heavy atom. The molecule has 0 amide bonds. The summed E-state index contributed by atoms with van der Waals surface area (Å²) < 4.78 is 12.8. The summed E-state index contributed by atoms with van der Waals surface area (Å²) in [4.78, 5) is 30.4. The summed E-state index contributed by atoms with van der Waals surface area (Å²) in [6.07, 6.45) is 9.96. The van der Waals surface area contributed by atoms with Crippen LogP contribution in [0.4, 0.5) is 0 Å². The standard InChI is InChI=1S/C44H62N2O10S2/c47-18-23-5-1-4-22(12-23)13-24-14-29-36(50)27-7-2-8-30-35(27)38(52)43(29,32(49)15-24)21-57-58-33-17-25-16-26-6-3-10-42(26,28-9-11-45-40(46-33)34(25)28)20-44(54)37(51)31(19-48)56-41(55-30)39(44)53/h14-16,22-23,26-31,33-35,37,39-41,45-49,51,53-54H,1-13,17-21H2. The van der Waals surface area contributed by atoms with Gasteiger partial charge < -0.3 is 45.4 Å². The number of piperidine rings is 2. The molecule has 0 aromatic rings. The van der Waals surface area contributed by atoms with Gasteiger partial charge in [-0.3, -0.25) is 14.9 Å². The van der Waals surface area contributed by atoms with Crippen LogP contribution in [0.25, 0.3) is 0 Å². The summed E-state index contributed by atoms with van der Waals surface area (Å²) in [5.41, 5.74) is -1.74. The fourth-order valence-electron chi connectivity index (χ4n) is 14.4. The second-order valence-corrected chi connectivity index (χ2v) is 22.4. The van der Waals surface area contributed by atoms with Crippen molar-refractivity contribution < 1.29 is 49.7 Å². The molecule has 5 saturated heterocycles. The molecule has 12 rings (SSSR count). The third-order valence-corrected chi connectivity index (χ3v) is 19.7. The Kier molecular flexibility index (Phi) is 10.9. The highest BCUT2D eigenvalue weighted by Crippen LogP contribution is 2.64. The van der Waals surface area contributed by atoms with Crippen LogP contribution in [0.3, 0.4) is 0 Å². The molecule has 0 aromatic heterocycles. The van der Waals surface area contributed by atoms with Gasteiger partial charge in [-0.15, -0.1) is 0 Å². The van der Waals surface area contributed by atoms with Gasteiger partial charge in [0, 0.05) is 24.2 Å². The number of hydrogen-bond donors (Lipinski definition) is 8. The molecule has 6 aliphatic heterocycles. The van der Waals surface area contributed by atoms with Crippen molar-refractivity contribution in [3.05, 3.63) is 35.1 Å². The van der Waals surface area contributed by atoms with Gasteiger partial charge in [0.25, 0.3) is 0 Å². The van der Waals surface area contributed by atoms with Gasteiger partial charge >= 0.3 is 0 Å². The quantitative estimate of drug-likeness (QED) is 0.151. The second kappa shape index (κ2) is 15.5. The summed E-state index contributed by atoms with van der Waals surface area (Å²) in [6, 6.07) is 0. The maximum absolute atomic E-state index is 15.5. The molecular formula is C44H62N2O10S2. The van der Waals surface area contributed by atoms with E-state index in [0.29, 0.717) is 31.6 Å². The van der Waals surface area contributed by atoms with E-state index in [1.807, 2.05) is 6.08 Å². The van der Waals surface area contributed by atoms with E-state index < -0.39 is 71.5 Å². The fourth-order valence-corrected chi connectivity index (χ4v) is 17.3. The molecule has 6 heterocycles. The van der Waals surface area contributed by atoms with E-state index in [0.717, 1.165) is 69.9 Å². The summed E-state index contributed by atoms with van der Waals surface area (Å²) in [6.45, 7) is 0.332. The highest BCUT2D eigenvalue weighted by Gasteiger charge is 2.67. The van der Waals surface area contributed by atoms with Gasteiger partial charge in [-0.1, -0.05) is 65.0 Å². The molecule has 0 radical (unpaired) electrons. The molecule has 12 nitrogen and oxygen atoms in total. The smallest absolute Gasteiger partial charge is 0.187 e. The Balaban J connectivity index is 1.05. The van der Waals surface area contributed by atoms with Gasteiger partial charge in [0.15, 0.2) is 12.1 Å². The lowest BCUT2D eigenvalue weighted by Crippen LogP contribution is -2.71. The molecule has 18 atom stereocenters. The number of hydrogen-bond acceptors (Lipinski definition) is 14. The van der Waals surface area contributed by atoms with Crippen LogP contribution >= 0.6 is 21.6 Å². The lowest BCUT2D eigenvalue weighted by atomic mass is 9.51. The van der Waals surface area contributed by atoms with Crippen LogP contribution in [0.1, 0.15) is 89.9 Å². The van der Waals surface area contributed by atoms with E-state index in [1.54, 1.807) is 27.7 Å². The molecule has 10 bridgehead atoms. The van der Waals surface area contributed by atoms with Crippen LogP contribution < -0.4 is 10.6 Å². The SMILES string of the molecule is O=C1C2CCCC3OC4OC(CO)C(O)C(O)(CC56CCCC5C=C5CC(NC7NCCC6C57)SSCC5(C(=O)C32)C(O)=CC(CC2CCCC(CO)C2)=CC15)C4O. The molecule has 6 aliphatic carbocycles. The third-order valence-electron chi connectivity index (χ3n) is 17.0. The maximum Gasteiger partial charge on any atom is 0.187 e. The summed E-state index contributed by atoms with van der Waals surface area (Å²) in [5, 5.41) is 77.3. The number of ether oxygens (including phenoxy) is 2. The number of carbonyl (C=O) groups is 2. The van der Waals surface area contributed by atoms with E-state index >= 15 is 4.79 Å². The molecule has 0 aromatic carbocycles. The zero-order valence-electron chi connectivity index (χ0n) is 33.3. The Morgan fingerprint density at radius 2 is 1.74 bits per heavy atom. The van der Waals surface area contributed by atoms with Gasteiger partial charge in [-0.05, 0) is 111 Å². The highest BCUT2D eigenvalue weighted by molar-refractivity contribution is 8.76. The Labute approximate surface area is 348 Å². The normalized spacial score (nSPS) is 51.5. The van der Waals surface area contributed by atoms with Crippen molar-refractivity contribution in [2.45, 2.75) is 138 Å². The number of nitrogens with one attached hydrogen (secondary N) is 2. The van der Waals surface area contributed by atoms with Crippen LogP contribution in [0.2, 0.25) is 0 Å². The minimum atomic E-state index is -2.08. The lowest BCUT2D eigenvalue weighted by Gasteiger charge is -2.60. The van der Waals surface area contributed by atoms with E-state index in [4.69, 9.17) is 9.47 Å². The zero-order valence-corrected chi connectivity index (χ0v) is 34.9. The maximum atomic E-state index is 15.5. The molecule has 4 saturated carbocycles. The predicted molar refractivity (Wildman–Crippen MR) is 218 cm³/mol. The minimum Gasteiger partial charge on any atom is -0.511 e. The Bertz CT molecular complexity index is 1740. The number of Topliss-reactive ketones (excluding diaryl/α,β-unsaturated/α-hetero) is 2. The molecular weight excluding hydrogens is 781 g/mol. The van der Waals surface area contributed by atoms with Gasteiger partial charge in [0.1, 0.15) is 40.9 Å². The first-order chi connectivity index (χ1) is 28.0. The third kappa shape index (κ3) is 6.26. The monoisotopic (exact) mass is 842 g/mol. The van der Waals surface area contributed by atoms with E-state index in [9.17, 15) is 35.4 Å². The molecule has 8 N–H and O–H groups in total. The minimum absolute atomic E-state index is 0.0141. The van der Waals surface area contributed by atoms with Crippen molar-refractivity contribution in [3.8, 4) is 0 Å².